The lowest BCUT2D eigenvalue weighted by atomic mass is 9.96. The van der Waals surface area contributed by atoms with Crippen LogP contribution in [-0.2, 0) is 6.42 Å². The van der Waals surface area contributed by atoms with E-state index in [1.165, 1.54) is 0 Å². The maximum atomic E-state index is 9.66. The molecule has 0 saturated heterocycles. The van der Waals surface area contributed by atoms with E-state index >= 15 is 0 Å². The highest BCUT2D eigenvalue weighted by Crippen LogP contribution is 2.29. The monoisotopic (exact) mass is 243 g/mol. The van der Waals surface area contributed by atoms with Crippen LogP contribution in [0.1, 0.15) is 19.4 Å². The minimum atomic E-state index is -0.293. The van der Waals surface area contributed by atoms with E-state index in [0.29, 0.717) is 16.6 Å². The fourth-order valence-corrected chi connectivity index (χ4v) is 1.60. The Labute approximate surface area is 86.9 Å². The zero-order chi connectivity index (χ0) is 10.1. The van der Waals surface area contributed by atoms with Gasteiger partial charge in [0.05, 0.1) is 4.47 Å². The minimum Gasteiger partial charge on any atom is -0.506 e. The summed E-state index contributed by atoms with van der Waals surface area (Å²) in [6.45, 7) is 3.88. The molecule has 0 radical (unpaired) electrons. The van der Waals surface area contributed by atoms with Crippen LogP contribution in [0.15, 0.2) is 22.7 Å². The van der Waals surface area contributed by atoms with Crippen LogP contribution >= 0.6 is 15.9 Å². The van der Waals surface area contributed by atoms with Crippen molar-refractivity contribution in [2.75, 3.05) is 0 Å². The van der Waals surface area contributed by atoms with Crippen molar-refractivity contribution in [3.8, 4) is 5.75 Å². The summed E-state index contributed by atoms with van der Waals surface area (Å²) in [6, 6.07) is 5.59. The first kappa shape index (κ1) is 10.5. The fourth-order valence-electron chi connectivity index (χ4n) is 1.19. The van der Waals surface area contributed by atoms with Gasteiger partial charge in [-0.05, 0) is 47.8 Å². The van der Waals surface area contributed by atoms with Gasteiger partial charge in [0.15, 0.2) is 0 Å². The standard InChI is InChI=1S/C10H14BrNO/c1-10(2,12)6-7-4-3-5-8(11)9(7)13/h3-5,13H,6,12H2,1-2H3. The van der Waals surface area contributed by atoms with E-state index in [1.807, 2.05) is 32.0 Å². The van der Waals surface area contributed by atoms with Gasteiger partial charge in [-0.3, -0.25) is 0 Å². The molecule has 0 fully saturated rings. The van der Waals surface area contributed by atoms with Gasteiger partial charge in [-0.1, -0.05) is 12.1 Å². The summed E-state index contributed by atoms with van der Waals surface area (Å²) < 4.78 is 0.717. The molecule has 0 saturated carbocycles. The SMILES string of the molecule is CC(C)(N)Cc1cccc(Br)c1O. The summed E-state index contributed by atoms with van der Waals surface area (Å²) in [6.07, 6.45) is 0.665. The number of phenolic OH excluding ortho intramolecular Hbond substituents is 1. The molecule has 2 nitrogen and oxygen atoms in total. The highest BCUT2D eigenvalue weighted by Gasteiger charge is 2.15. The van der Waals surface area contributed by atoms with Gasteiger partial charge in [-0.25, -0.2) is 0 Å². The highest BCUT2D eigenvalue weighted by molar-refractivity contribution is 9.10. The number of aromatic hydroxyl groups is 1. The summed E-state index contributed by atoms with van der Waals surface area (Å²) in [4.78, 5) is 0. The Morgan fingerprint density at radius 3 is 2.62 bits per heavy atom. The summed E-state index contributed by atoms with van der Waals surface area (Å²) in [5.74, 6) is 0.293. The van der Waals surface area contributed by atoms with Crippen molar-refractivity contribution in [2.24, 2.45) is 5.73 Å². The molecule has 3 heteroatoms. The number of hydrogen-bond acceptors (Lipinski definition) is 2. The molecule has 0 aliphatic carbocycles. The molecule has 0 unspecified atom stereocenters. The summed E-state index contributed by atoms with van der Waals surface area (Å²) in [5, 5.41) is 9.66. The van der Waals surface area contributed by atoms with Crippen molar-refractivity contribution < 1.29 is 5.11 Å². The minimum absolute atomic E-state index is 0.293. The topological polar surface area (TPSA) is 46.2 Å². The Hall–Kier alpha value is -0.540. The van der Waals surface area contributed by atoms with Crippen LogP contribution in [0.25, 0.3) is 0 Å². The van der Waals surface area contributed by atoms with E-state index in [4.69, 9.17) is 5.73 Å². The van der Waals surface area contributed by atoms with E-state index in [2.05, 4.69) is 15.9 Å². The van der Waals surface area contributed by atoms with Gasteiger partial charge >= 0.3 is 0 Å². The van der Waals surface area contributed by atoms with Crippen LogP contribution < -0.4 is 5.73 Å². The number of benzene rings is 1. The molecule has 1 rings (SSSR count). The molecule has 0 atom stereocenters. The molecule has 0 spiro atoms. The van der Waals surface area contributed by atoms with Crippen molar-refractivity contribution in [3.63, 3.8) is 0 Å². The number of rotatable bonds is 2. The average Bonchev–Trinajstić information content (AvgIpc) is 1.96. The number of para-hydroxylation sites is 1. The van der Waals surface area contributed by atoms with Gasteiger partial charge in [0.1, 0.15) is 5.75 Å². The first-order chi connectivity index (χ1) is 5.90. The Bertz CT molecular complexity index is 304. The lowest BCUT2D eigenvalue weighted by Gasteiger charge is -2.19. The van der Waals surface area contributed by atoms with Crippen LogP contribution in [0, 0.1) is 0 Å². The quantitative estimate of drug-likeness (QED) is 0.839. The number of nitrogens with two attached hydrogens (primary N) is 1. The summed E-state index contributed by atoms with van der Waals surface area (Å²) in [7, 11) is 0. The Morgan fingerprint density at radius 2 is 2.08 bits per heavy atom. The Balaban J connectivity index is 2.96. The summed E-state index contributed by atoms with van der Waals surface area (Å²) >= 11 is 3.26. The first-order valence-corrected chi connectivity index (χ1v) is 4.95. The van der Waals surface area contributed by atoms with Gasteiger partial charge in [0.25, 0.3) is 0 Å². The Kier molecular flexibility index (Phi) is 2.98. The van der Waals surface area contributed by atoms with E-state index in [9.17, 15) is 5.11 Å². The van der Waals surface area contributed by atoms with Crippen LogP contribution in [0.3, 0.4) is 0 Å². The zero-order valence-corrected chi connectivity index (χ0v) is 9.43. The molecule has 0 bridgehead atoms. The van der Waals surface area contributed by atoms with E-state index < -0.39 is 0 Å². The molecule has 0 aromatic heterocycles. The predicted octanol–water partition coefficient (Wildman–Crippen LogP) is 2.43. The van der Waals surface area contributed by atoms with Crippen LogP contribution in [0.4, 0.5) is 0 Å². The third-order valence-corrected chi connectivity index (χ3v) is 2.36. The van der Waals surface area contributed by atoms with Gasteiger partial charge in [-0.15, -0.1) is 0 Å². The van der Waals surface area contributed by atoms with Crippen molar-refractivity contribution in [1.29, 1.82) is 0 Å². The van der Waals surface area contributed by atoms with Crippen molar-refractivity contribution in [2.45, 2.75) is 25.8 Å². The summed E-state index contributed by atoms with van der Waals surface area (Å²) in [5.41, 5.74) is 6.44. The molecular weight excluding hydrogens is 230 g/mol. The first-order valence-electron chi connectivity index (χ1n) is 4.15. The molecule has 0 amide bonds. The average molecular weight is 244 g/mol. The number of halogens is 1. The van der Waals surface area contributed by atoms with E-state index in [-0.39, 0.29) is 5.54 Å². The van der Waals surface area contributed by atoms with E-state index in [0.717, 1.165) is 5.56 Å². The Morgan fingerprint density at radius 1 is 1.46 bits per heavy atom. The molecule has 0 aliphatic rings. The second-order valence-electron chi connectivity index (χ2n) is 3.91. The highest BCUT2D eigenvalue weighted by atomic mass is 79.9. The van der Waals surface area contributed by atoms with Gasteiger partial charge in [0.2, 0.25) is 0 Å². The van der Waals surface area contributed by atoms with Gasteiger partial charge in [0, 0.05) is 5.54 Å². The predicted molar refractivity (Wildman–Crippen MR) is 57.8 cm³/mol. The number of phenols is 1. The fraction of sp³-hybridized carbons (Fsp3) is 0.400. The van der Waals surface area contributed by atoms with Crippen molar-refractivity contribution in [3.05, 3.63) is 28.2 Å². The largest absolute Gasteiger partial charge is 0.506 e. The van der Waals surface area contributed by atoms with Crippen LogP contribution in [0.5, 0.6) is 5.75 Å². The molecule has 3 N–H and O–H groups in total. The zero-order valence-electron chi connectivity index (χ0n) is 7.84. The number of hydrogen-bond donors (Lipinski definition) is 2. The molecule has 13 heavy (non-hydrogen) atoms. The molecule has 1 aromatic rings. The van der Waals surface area contributed by atoms with Crippen LogP contribution in [0.2, 0.25) is 0 Å². The van der Waals surface area contributed by atoms with Crippen molar-refractivity contribution >= 4 is 15.9 Å². The van der Waals surface area contributed by atoms with Crippen molar-refractivity contribution in [1.82, 2.24) is 0 Å². The second-order valence-corrected chi connectivity index (χ2v) is 4.77. The molecule has 0 heterocycles. The normalized spacial score (nSPS) is 11.7. The molecule has 0 aliphatic heterocycles. The van der Waals surface area contributed by atoms with Crippen LogP contribution in [-0.4, -0.2) is 10.6 Å². The molecule has 1 aromatic carbocycles. The molecular formula is C10H14BrNO. The lowest BCUT2D eigenvalue weighted by molar-refractivity contribution is 0.447. The van der Waals surface area contributed by atoms with E-state index in [1.54, 1.807) is 0 Å². The smallest absolute Gasteiger partial charge is 0.133 e. The third-order valence-electron chi connectivity index (χ3n) is 1.72. The van der Waals surface area contributed by atoms with Gasteiger partial charge < -0.3 is 10.8 Å². The lowest BCUT2D eigenvalue weighted by Crippen LogP contribution is -2.34. The maximum absolute atomic E-state index is 9.66. The molecule has 72 valence electrons. The maximum Gasteiger partial charge on any atom is 0.133 e. The third kappa shape index (κ3) is 3.01. The van der Waals surface area contributed by atoms with Gasteiger partial charge in [-0.2, -0.15) is 0 Å². The second kappa shape index (κ2) is 3.68.